The highest BCUT2D eigenvalue weighted by Gasteiger charge is 2.13. The Labute approximate surface area is 114 Å². The van der Waals surface area contributed by atoms with Gasteiger partial charge in [0.15, 0.2) is 0 Å². The van der Waals surface area contributed by atoms with Gasteiger partial charge in [0.2, 0.25) is 0 Å². The Morgan fingerprint density at radius 3 is 2.58 bits per heavy atom. The van der Waals surface area contributed by atoms with E-state index in [1.54, 1.807) is 0 Å². The van der Waals surface area contributed by atoms with Crippen molar-refractivity contribution in [3.05, 3.63) is 29.3 Å². The minimum Gasteiger partial charge on any atom is -0.494 e. The molecule has 0 aliphatic heterocycles. The van der Waals surface area contributed by atoms with Gasteiger partial charge in [-0.2, -0.15) is 0 Å². The fourth-order valence-corrected chi connectivity index (χ4v) is 1.96. The molecule has 1 unspecified atom stereocenters. The smallest absolute Gasteiger partial charge is 0.322 e. The topological polar surface area (TPSA) is 61.5 Å². The first-order valence-electron chi connectivity index (χ1n) is 6.52. The summed E-state index contributed by atoms with van der Waals surface area (Å²) in [5, 5.41) is 0. The van der Waals surface area contributed by atoms with Crippen molar-refractivity contribution in [3.8, 4) is 5.75 Å². The number of carbonyl (C=O) groups is 1. The van der Waals surface area contributed by atoms with E-state index >= 15 is 0 Å². The molecule has 0 bridgehead atoms. The van der Waals surface area contributed by atoms with Gasteiger partial charge in [-0.05, 0) is 36.1 Å². The number of ether oxygens (including phenoxy) is 2. The maximum absolute atomic E-state index is 11.1. The first-order valence-corrected chi connectivity index (χ1v) is 6.52. The molecule has 1 aromatic carbocycles. The largest absolute Gasteiger partial charge is 0.494 e. The molecule has 1 atom stereocenters. The summed E-state index contributed by atoms with van der Waals surface area (Å²) in [5.41, 5.74) is 8.16. The molecule has 0 aliphatic rings. The predicted octanol–water partition coefficient (Wildman–Crippen LogP) is 2.39. The minimum absolute atomic E-state index is 0.400. The molecule has 4 heteroatoms. The van der Waals surface area contributed by atoms with E-state index in [2.05, 4.69) is 31.6 Å². The summed E-state index contributed by atoms with van der Waals surface area (Å²) in [4.78, 5) is 11.1. The van der Waals surface area contributed by atoms with Gasteiger partial charge >= 0.3 is 5.97 Å². The lowest BCUT2D eigenvalue weighted by Gasteiger charge is -2.13. The van der Waals surface area contributed by atoms with Gasteiger partial charge in [0, 0.05) is 6.42 Å². The van der Waals surface area contributed by atoms with Crippen LogP contribution in [0.25, 0.3) is 0 Å². The lowest BCUT2D eigenvalue weighted by molar-refractivity contribution is -0.142. The van der Waals surface area contributed by atoms with E-state index in [9.17, 15) is 4.79 Å². The number of hydrogen-bond donors (Lipinski definition) is 1. The van der Waals surface area contributed by atoms with E-state index in [-0.39, 0.29) is 0 Å². The molecule has 19 heavy (non-hydrogen) atoms. The standard InChI is InChI=1S/C15H23NO3/c1-10(2)13-6-5-12(9-11(13)3)19-8-7-14(16)15(17)18-4/h5-6,9-10,14H,7-8,16H2,1-4H3. The van der Waals surface area contributed by atoms with Crippen LogP contribution in [-0.4, -0.2) is 25.7 Å². The van der Waals surface area contributed by atoms with Gasteiger partial charge in [0.25, 0.3) is 0 Å². The average Bonchev–Trinajstić information content (AvgIpc) is 2.37. The van der Waals surface area contributed by atoms with Crippen LogP contribution >= 0.6 is 0 Å². The lowest BCUT2D eigenvalue weighted by atomic mass is 9.98. The molecule has 0 saturated heterocycles. The highest BCUT2D eigenvalue weighted by atomic mass is 16.5. The molecule has 0 saturated carbocycles. The zero-order chi connectivity index (χ0) is 14.4. The summed E-state index contributed by atoms with van der Waals surface area (Å²) < 4.78 is 10.2. The van der Waals surface area contributed by atoms with Crippen LogP contribution in [0.5, 0.6) is 5.75 Å². The number of hydrogen-bond acceptors (Lipinski definition) is 4. The molecule has 1 aromatic rings. The van der Waals surface area contributed by atoms with Crippen LogP contribution in [-0.2, 0) is 9.53 Å². The number of methoxy groups -OCH3 is 1. The minimum atomic E-state index is -0.624. The molecule has 0 aliphatic carbocycles. The average molecular weight is 265 g/mol. The van der Waals surface area contributed by atoms with Crippen molar-refractivity contribution in [2.24, 2.45) is 5.73 Å². The zero-order valence-electron chi connectivity index (χ0n) is 12.1. The molecule has 0 aromatic heterocycles. The third kappa shape index (κ3) is 4.56. The number of benzene rings is 1. The SMILES string of the molecule is COC(=O)C(N)CCOc1ccc(C(C)C)c(C)c1. The lowest BCUT2D eigenvalue weighted by Crippen LogP contribution is -2.33. The monoisotopic (exact) mass is 265 g/mol. The first kappa shape index (κ1) is 15.5. The number of carbonyl (C=O) groups excluding carboxylic acids is 1. The van der Waals surface area contributed by atoms with Gasteiger partial charge in [-0.25, -0.2) is 0 Å². The predicted molar refractivity (Wildman–Crippen MR) is 75.4 cm³/mol. The van der Waals surface area contributed by atoms with Crippen molar-refractivity contribution in [2.75, 3.05) is 13.7 Å². The van der Waals surface area contributed by atoms with Crippen molar-refractivity contribution in [1.82, 2.24) is 0 Å². The van der Waals surface area contributed by atoms with Gasteiger partial charge in [-0.15, -0.1) is 0 Å². The second kappa shape index (κ2) is 7.14. The third-order valence-electron chi connectivity index (χ3n) is 3.06. The van der Waals surface area contributed by atoms with E-state index in [1.165, 1.54) is 18.2 Å². The molecule has 106 valence electrons. The molecule has 0 heterocycles. The molecule has 2 N–H and O–H groups in total. The Morgan fingerprint density at radius 2 is 2.05 bits per heavy atom. The Bertz CT molecular complexity index is 429. The van der Waals surface area contributed by atoms with Gasteiger partial charge in [-0.3, -0.25) is 4.79 Å². The van der Waals surface area contributed by atoms with Crippen molar-refractivity contribution in [3.63, 3.8) is 0 Å². The van der Waals surface area contributed by atoms with Crippen molar-refractivity contribution >= 4 is 5.97 Å². The number of rotatable bonds is 6. The zero-order valence-corrected chi connectivity index (χ0v) is 12.1. The Balaban J connectivity index is 2.51. The van der Waals surface area contributed by atoms with Crippen LogP contribution in [0.4, 0.5) is 0 Å². The molecular weight excluding hydrogens is 242 g/mol. The van der Waals surface area contributed by atoms with Crippen LogP contribution in [0.2, 0.25) is 0 Å². The van der Waals surface area contributed by atoms with Gasteiger partial charge in [0.05, 0.1) is 13.7 Å². The summed E-state index contributed by atoms with van der Waals surface area (Å²) in [6, 6.07) is 5.42. The van der Waals surface area contributed by atoms with E-state index in [0.717, 1.165) is 5.75 Å². The van der Waals surface area contributed by atoms with Crippen LogP contribution in [0.3, 0.4) is 0 Å². The Hall–Kier alpha value is -1.55. The van der Waals surface area contributed by atoms with Crippen LogP contribution < -0.4 is 10.5 Å². The quantitative estimate of drug-likeness (QED) is 0.802. The molecule has 1 rings (SSSR count). The normalized spacial score (nSPS) is 12.3. The second-order valence-corrected chi connectivity index (χ2v) is 4.94. The van der Waals surface area contributed by atoms with Crippen LogP contribution in [0, 0.1) is 6.92 Å². The van der Waals surface area contributed by atoms with Crippen molar-refractivity contribution in [1.29, 1.82) is 0 Å². The first-order chi connectivity index (χ1) is 8.95. The van der Waals surface area contributed by atoms with Crippen molar-refractivity contribution in [2.45, 2.75) is 39.2 Å². The van der Waals surface area contributed by atoms with Crippen LogP contribution in [0.15, 0.2) is 18.2 Å². The Morgan fingerprint density at radius 1 is 1.37 bits per heavy atom. The number of aryl methyl sites for hydroxylation is 1. The number of nitrogens with two attached hydrogens (primary N) is 1. The van der Waals surface area contributed by atoms with E-state index in [1.807, 2.05) is 12.1 Å². The Kier molecular flexibility index (Phi) is 5.83. The van der Waals surface area contributed by atoms with Gasteiger partial charge in [0.1, 0.15) is 11.8 Å². The van der Waals surface area contributed by atoms with E-state index in [0.29, 0.717) is 18.9 Å². The van der Waals surface area contributed by atoms with Gasteiger partial charge < -0.3 is 15.2 Å². The maximum atomic E-state index is 11.1. The summed E-state index contributed by atoms with van der Waals surface area (Å²) in [6.45, 7) is 6.80. The van der Waals surface area contributed by atoms with E-state index in [4.69, 9.17) is 10.5 Å². The molecule has 0 amide bonds. The van der Waals surface area contributed by atoms with Crippen molar-refractivity contribution < 1.29 is 14.3 Å². The summed E-state index contributed by atoms with van der Waals surface area (Å²) in [7, 11) is 1.33. The molecule has 0 fully saturated rings. The molecular formula is C15H23NO3. The fraction of sp³-hybridized carbons (Fsp3) is 0.533. The van der Waals surface area contributed by atoms with Gasteiger partial charge in [-0.1, -0.05) is 19.9 Å². The summed E-state index contributed by atoms with van der Waals surface area (Å²) in [6.07, 6.45) is 0.442. The third-order valence-corrected chi connectivity index (χ3v) is 3.06. The number of esters is 1. The maximum Gasteiger partial charge on any atom is 0.322 e. The molecule has 4 nitrogen and oxygen atoms in total. The van der Waals surface area contributed by atoms with E-state index < -0.39 is 12.0 Å². The van der Waals surface area contributed by atoms with Crippen LogP contribution in [0.1, 0.15) is 37.3 Å². The second-order valence-electron chi connectivity index (χ2n) is 4.94. The fourth-order valence-electron chi connectivity index (χ4n) is 1.96. The molecule has 0 radical (unpaired) electrons. The summed E-state index contributed by atoms with van der Waals surface area (Å²) in [5.74, 6) is 0.899. The summed E-state index contributed by atoms with van der Waals surface area (Å²) >= 11 is 0. The molecule has 0 spiro atoms. The highest BCUT2D eigenvalue weighted by Crippen LogP contribution is 2.23. The highest BCUT2D eigenvalue weighted by molar-refractivity contribution is 5.75.